The van der Waals surface area contributed by atoms with Gasteiger partial charge in [-0.15, -0.1) is 0 Å². The molecule has 0 aliphatic heterocycles. The molecule has 0 heterocycles. The lowest BCUT2D eigenvalue weighted by molar-refractivity contribution is -0.116. The maximum absolute atomic E-state index is 12.6. The number of halogens is 6. The molecule has 2 N–H and O–H groups in total. The van der Waals surface area contributed by atoms with Crippen molar-refractivity contribution >= 4 is 42.9 Å². The number of rotatable bonds is 8. The Hall–Kier alpha value is -3.92. The predicted octanol–water partition coefficient (Wildman–Crippen LogP) is 4.64. The lowest BCUT2D eigenvalue weighted by Crippen LogP contribution is -2.23. The summed E-state index contributed by atoms with van der Waals surface area (Å²) in [6.45, 7) is 0. The Balaban J connectivity index is 1.54. The fraction of sp³-hybridized carbons (Fsp3) is 0.167. The number of hydrogen-bond acceptors (Lipinski definition) is 6. The molecule has 3 aromatic carbocycles. The molecular weight excluding hydrogens is 590 g/mol. The Morgan fingerprint density at radius 2 is 0.800 bits per heavy atom. The van der Waals surface area contributed by atoms with Crippen LogP contribution in [0.25, 0.3) is 0 Å². The SMILES string of the molecule is O=C(Cc1ccc(CC(=O)Nc2ccc(S(=O)(=O)C(F)(F)F)cc2)cc1)Nc1ccc(S(=O)(=O)C(F)(F)F)cc1. The third kappa shape index (κ3) is 7.18. The van der Waals surface area contributed by atoms with Gasteiger partial charge < -0.3 is 10.6 Å². The van der Waals surface area contributed by atoms with Crippen LogP contribution in [0.5, 0.6) is 0 Å². The molecule has 0 aliphatic carbocycles. The highest BCUT2D eigenvalue weighted by Crippen LogP contribution is 2.31. The number of carbonyl (C=O) groups excluding carboxylic acids is 2. The largest absolute Gasteiger partial charge is 0.501 e. The summed E-state index contributed by atoms with van der Waals surface area (Å²) >= 11 is 0. The molecule has 40 heavy (non-hydrogen) atoms. The van der Waals surface area contributed by atoms with Crippen LogP contribution in [-0.4, -0.2) is 39.7 Å². The van der Waals surface area contributed by atoms with Crippen molar-refractivity contribution in [3.63, 3.8) is 0 Å². The topological polar surface area (TPSA) is 126 Å². The molecule has 0 fully saturated rings. The van der Waals surface area contributed by atoms with Gasteiger partial charge in [0.2, 0.25) is 11.8 Å². The number of nitrogens with one attached hydrogen (secondary N) is 2. The van der Waals surface area contributed by atoms with Gasteiger partial charge in [0.05, 0.1) is 22.6 Å². The van der Waals surface area contributed by atoms with Crippen LogP contribution in [0.3, 0.4) is 0 Å². The molecular formula is C24H18F6N2O6S2. The first kappa shape index (κ1) is 30.6. The normalized spacial score (nSPS) is 12.6. The van der Waals surface area contributed by atoms with Crippen molar-refractivity contribution in [1.82, 2.24) is 0 Å². The fourth-order valence-corrected chi connectivity index (χ4v) is 4.78. The van der Waals surface area contributed by atoms with Crippen LogP contribution < -0.4 is 10.6 Å². The maximum atomic E-state index is 12.6. The number of alkyl halides is 6. The van der Waals surface area contributed by atoms with Crippen LogP contribution in [-0.2, 0) is 42.1 Å². The molecule has 0 aromatic heterocycles. The highest BCUT2D eigenvalue weighted by Gasteiger charge is 2.47. The Morgan fingerprint density at radius 1 is 0.525 bits per heavy atom. The third-order valence-electron chi connectivity index (χ3n) is 5.26. The van der Waals surface area contributed by atoms with Gasteiger partial charge in [-0.1, -0.05) is 24.3 Å². The molecule has 214 valence electrons. The lowest BCUT2D eigenvalue weighted by atomic mass is 10.1. The first-order chi connectivity index (χ1) is 18.4. The van der Waals surface area contributed by atoms with Gasteiger partial charge in [0.25, 0.3) is 19.7 Å². The summed E-state index contributed by atoms with van der Waals surface area (Å²) in [4.78, 5) is 22.6. The van der Waals surface area contributed by atoms with Gasteiger partial charge in [-0.25, -0.2) is 16.8 Å². The molecule has 3 aromatic rings. The smallest absolute Gasteiger partial charge is 0.326 e. The molecule has 8 nitrogen and oxygen atoms in total. The highest BCUT2D eigenvalue weighted by atomic mass is 32.2. The standard InChI is InChI=1S/C24H18F6N2O6S2/c25-23(26,27)39(35,36)19-9-5-17(6-10-19)31-21(33)13-15-1-2-16(4-3-15)14-22(34)32-18-7-11-20(12-8-18)40(37,38)24(28,29)30/h1-12H,13-14H2,(H,31,33)(H,32,34). The monoisotopic (exact) mass is 608 g/mol. The summed E-state index contributed by atoms with van der Waals surface area (Å²) in [7, 11) is -11.0. The van der Waals surface area contributed by atoms with Gasteiger partial charge in [-0.3, -0.25) is 9.59 Å². The van der Waals surface area contributed by atoms with Crippen LogP contribution in [0.4, 0.5) is 37.7 Å². The van der Waals surface area contributed by atoms with Crippen LogP contribution in [0.2, 0.25) is 0 Å². The van der Waals surface area contributed by atoms with Crippen molar-refractivity contribution in [2.24, 2.45) is 0 Å². The highest BCUT2D eigenvalue weighted by molar-refractivity contribution is 7.92. The van der Waals surface area contributed by atoms with E-state index in [9.17, 15) is 52.8 Å². The Bertz CT molecular complexity index is 1480. The first-order valence-corrected chi connectivity index (χ1v) is 13.9. The molecule has 0 aliphatic rings. The zero-order valence-electron chi connectivity index (χ0n) is 19.9. The van der Waals surface area contributed by atoms with Gasteiger partial charge in [-0.05, 0) is 59.7 Å². The molecule has 0 spiro atoms. The number of anilines is 2. The zero-order valence-corrected chi connectivity index (χ0v) is 21.5. The first-order valence-electron chi connectivity index (χ1n) is 10.9. The van der Waals surface area contributed by atoms with Gasteiger partial charge in [0.1, 0.15) is 0 Å². The fourth-order valence-electron chi connectivity index (χ4n) is 3.26. The van der Waals surface area contributed by atoms with Crippen LogP contribution in [0.15, 0.2) is 82.6 Å². The summed E-state index contributed by atoms with van der Waals surface area (Å²) in [6, 6.07) is 13.1. The van der Waals surface area contributed by atoms with E-state index < -0.39 is 52.3 Å². The van der Waals surface area contributed by atoms with E-state index in [1.807, 2.05) is 0 Å². The second-order valence-corrected chi connectivity index (χ2v) is 12.1. The van der Waals surface area contributed by atoms with Crippen molar-refractivity contribution in [3.05, 3.63) is 83.9 Å². The molecule has 0 unspecified atom stereocenters. The number of benzene rings is 3. The van der Waals surface area contributed by atoms with E-state index in [0.717, 1.165) is 48.5 Å². The van der Waals surface area contributed by atoms with Crippen molar-refractivity contribution < 1.29 is 52.8 Å². The second kappa shape index (κ2) is 11.3. The van der Waals surface area contributed by atoms with Gasteiger partial charge >= 0.3 is 11.0 Å². The maximum Gasteiger partial charge on any atom is 0.501 e. The summed E-state index contributed by atoms with van der Waals surface area (Å²) in [6.07, 6.45) is -0.301. The molecule has 2 amide bonds. The molecule has 3 rings (SSSR count). The minimum atomic E-state index is -5.51. The minimum Gasteiger partial charge on any atom is -0.326 e. The Labute approximate surface area is 223 Å². The number of hydrogen-bond donors (Lipinski definition) is 2. The van der Waals surface area contributed by atoms with E-state index >= 15 is 0 Å². The summed E-state index contributed by atoms with van der Waals surface area (Å²) in [5.41, 5.74) is -9.74. The average Bonchev–Trinajstić information content (AvgIpc) is 2.84. The van der Waals surface area contributed by atoms with Crippen molar-refractivity contribution in [1.29, 1.82) is 0 Å². The zero-order chi connectivity index (χ0) is 29.9. The van der Waals surface area contributed by atoms with Crippen molar-refractivity contribution in [2.75, 3.05) is 10.6 Å². The lowest BCUT2D eigenvalue weighted by Gasteiger charge is -2.10. The van der Waals surface area contributed by atoms with Crippen LogP contribution in [0.1, 0.15) is 11.1 Å². The van der Waals surface area contributed by atoms with Gasteiger partial charge in [-0.2, -0.15) is 26.3 Å². The number of amides is 2. The minimum absolute atomic E-state index is 0.0726. The molecule has 0 saturated heterocycles. The van der Waals surface area contributed by atoms with Crippen molar-refractivity contribution in [2.45, 2.75) is 33.6 Å². The molecule has 0 radical (unpaired) electrons. The molecule has 0 atom stereocenters. The van der Waals surface area contributed by atoms with Crippen molar-refractivity contribution in [3.8, 4) is 0 Å². The van der Waals surface area contributed by atoms with E-state index in [-0.39, 0.29) is 24.2 Å². The van der Waals surface area contributed by atoms with E-state index in [0.29, 0.717) is 11.1 Å². The van der Waals surface area contributed by atoms with E-state index in [2.05, 4.69) is 10.6 Å². The average molecular weight is 609 g/mol. The summed E-state index contributed by atoms with van der Waals surface area (Å²) in [5.74, 6) is -1.10. The number of sulfone groups is 2. The second-order valence-electron chi connectivity index (χ2n) is 8.21. The molecule has 16 heteroatoms. The third-order valence-corrected chi connectivity index (χ3v) is 8.26. The molecule has 0 saturated carbocycles. The van der Waals surface area contributed by atoms with E-state index in [1.54, 1.807) is 0 Å². The van der Waals surface area contributed by atoms with Gasteiger partial charge in [0, 0.05) is 11.4 Å². The van der Waals surface area contributed by atoms with E-state index in [1.165, 1.54) is 24.3 Å². The quantitative estimate of drug-likeness (QED) is 0.359. The summed E-state index contributed by atoms with van der Waals surface area (Å²) < 4.78 is 121. The van der Waals surface area contributed by atoms with Crippen LogP contribution in [0, 0.1) is 0 Å². The van der Waals surface area contributed by atoms with E-state index in [4.69, 9.17) is 0 Å². The Kier molecular flexibility index (Phi) is 8.64. The molecule has 0 bridgehead atoms. The number of carbonyl (C=O) groups is 2. The van der Waals surface area contributed by atoms with Gasteiger partial charge in [0.15, 0.2) is 0 Å². The van der Waals surface area contributed by atoms with Crippen LogP contribution >= 0.6 is 0 Å². The summed E-state index contributed by atoms with van der Waals surface area (Å²) in [5, 5.41) is 4.85. The predicted molar refractivity (Wildman–Crippen MR) is 130 cm³/mol. The Morgan fingerprint density at radius 3 is 1.05 bits per heavy atom.